The van der Waals surface area contributed by atoms with E-state index in [1.807, 2.05) is 12.1 Å². The lowest BCUT2D eigenvalue weighted by Gasteiger charge is -2.23. The van der Waals surface area contributed by atoms with Crippen LogP contribution in [0.3, 0.4) is 0 Å². The van der Waals surface area contributed by atoms with Gasteiger partial charge in [0, 0.05) is 43.3 Å². The smallest absolute Gasteiger partial charge is 0.255 e. The summed E-state index contributed by atoms with van der Waals surface area (Å²) in [7, 11) is 3.28. The van der Waals surface area contributed by atoms with E-state index in [-0.39, 0.29) is 5.91 Å². The van der Waals surface area contributed by atoms with Gasteiger partial charge in [-0.2, -0.15) is 0 Å². The van der Waals surface area contributed by atoms with E-state index in [0.717, 1.165) is 15.8 Å². The summed E-state index contributed by atoms with van der Waals surface area (Å²) >= 11 is 7.70. The average Bonchev–Trinajstić information content (AvgIpc) is 2.44. The second-order valence-corrected chi connectivity index (χ2v) is 5.67. The standard InChI is InChI=1S/C14H20BrNO3S/c1-18-8-3-6-16(7-9-19-2)14(17)12-10-11(20)4-5-13(12)15/h4-5,10,20H,3,6-9H2,1-2H3. The van der Waals surface area contributed by atoms with Crippen molar-refractivity contribution in [1.29, 1.82) is 0 Å². The molecular weight excluding hydrogens is 342 g/mol. The molecule has 0 aromatic heterocycles. The van der Waals surface area contributed by atoms with Crippen LogP contribution in [0, 0.1) is 0 Å². The van der Waals surface area contributed by atoms with E-state index in [2.05, 4.69) is 28.6 Å². The fraction of sp³-hybridized carbons (Fsp3) is 0.500. The van der Waals surface area contributed by atoms with Gasteiger partial charge in [0.05, 0.1) is 12.2 Å². The lowest BCUT2D eigenvalue weighted by molar-refractivity contribution is 0.0673. The maximum absolute atomic E-state index is 12.6. The molecule has 1 amide bonds. The van der Waals surface area contributed by atoms with Gasteiger partial charge in [-0.1, -0.05) is 0 Å². The monoisotopic (exact) mass is 361 g/mol. The SMILES string of the molecule is COCCCN(CCOC)C(=O)c1cc(S)ccc1Br. The zero-order valence-electron chi connectivity index (χ0n) is 11.8. The Hall–Kier alpha value is -0.560. The Balaban J connectivity index is 2.82. The van der Waals surface area contributed by atoms with Gasteiger partial charge in [0.25, 0.3) is 5.91 Å². The Morgan fingerprint density at radius 3 is 2.60 bits per heavy atom. The molecule has 0 atom stereocenters. The molecule has 0 saturated carbocycles. The summed E-state index contributed by atoms with van der Waals surface area (Å²) in [5, 5.41) is 0. The zero-order chi connectivity index (χ0) is 15.0. The van der Waals surface area contributed by atoms with Crippen LogP contribution in [0.2, 0.25) is 0 Å². The van der Waals surface area contributed by atoms with E-state index in [1.165, 1.54) is 0 Å². The van der Waals surface area contributed by atoms with E-state index in [9.17, 15) is 4.79 Å². The van der Waals surface area contributed by atoms with Crippen LogP contribution in [-0.4, -0.2) is 51.3 Å². The first kappa shape index (κ1) is 17.5. The van der Waals surface area contributed by atoms with E-state index < -0.39 is 0 Å². The minimum absolute atomic E-state index is 0.0269. The van der Waals surface area contributed by atoms with Gasteiger partial charge in [-0.25, -0.2) is 0 Å². The molecule has 0 unspecified atom stereocenters. The van der Waals surface area contributed by atoms with Crippen LogP contribution in [0.1, 0.15) is 16.8 Å². The number of hydrogen-bond donors (Lipinski definition) is 1. The molecule has 0 spiro atoms. The number of nitrogens with zero attached hydrogens (tertiary/aromatic N) is 1. The number of rotatable bonds is 8. The topological polar surface area (TPSA) is 38.8 Å². The number of methoxy groups -OCH3 is 2. The molecule has 0 saturated heterocycles. The number of halogens is 1. The normalized spacial score (nSPS) is 10.6. The molecule has 0 bridgehead atoms. The lowest BCUT2D eigenvalue weighted by Crippen LogP contribution is -2.35. The van der Waals surface area contributed by atoms with Crippen LogP contribution < -0.4 is 0 Å². The molecule has 0 aliphatic carbocycles. The van der Waals surface area contributed by atoms with E-state index in [0.29, 0.717) is 31.9 Å². The number of thiol groups is 1. The second kappa shape index (κ2) is 9.39. The Labute approximate surface area is 134 Å². The maximum Gasteiger partial charge on any atom is 0.255 e. The molecule has 20 heavy (non-hydrogen) atoms. The van der Waals surface area contributed by atoms with Crippen molar-refractivity contribution in [3.05, 3.63) is 28.2 Å². The molecule has 6 heteroatoms. The zero-order valence-corrected chi connectivity index (χ0v) is 14.2. The van der Waals surface area contributed by atoms with Crippen molar-refractivity contribution < 1.29 is 14.3 Å². The number of amides is 1. The van der Waals surface area contributed by atoms with Gasteiger partial charge in [-0.05, 0) is 40.5 Å². The number of benzene rings is 1. The quantitative estimate of drug-likeness (QED) is 0.571. The van der Waals surface area contributed by atoms with E-state index >= 15 is 0 Å². The molecule has 1 aromatic carbocycles. The molecule has 0 aliphatic rings. The van der Waals surface area contributed by atoms with Crippen LogP contribution in [0.5, 0.6) is 0 Å². The third-order valence-electron chi connectivity index (χ3n) is 2.81. The Morgan fingerprint density at radius 1 is 1.25 bits per heavy atom. The molecule has 0 N–H and O–H groups in total. The van der Waals surface area contributed by atoms with Crippen LogP contribution in [0.25, 0.3) is 0 Å². The Morgan fingerprint density at radius 2 is 1.95 bits per heavy atom. The summed E-state index contributed by atoms with van der Waals surface area (Å²) in [5.41, 5.74) is 0.617. The minimum Gasteiger partial charge on any atom is -0.385 e. The van der Waals surface area contributed by atoms with Crippen molar-refractivity contribution >= 4 is 34.5 Å². The Bertz CT molecular complexity index is 442. The van der Waals surface area contributed by atoms with Gasteiger partial charge in [-0.15, -0.1) is 12.6 Å². The average molecular weight is 362 g/mol. The van der Waals surface area contributed by atoms with Crippen molar-refractivity contribution in [2.75, 3.05) is 40.5 Å². The van der Waals surface area contributed by atoms with Gasteiger partial charge in [-0.3, -0.25) is 4.79 Å². The number of ether oxygens (including phenoxy) is 2. The summed E-state index contributed by atoms with van der Waals surface area (Å²) in [6.07, 6.45) is 0.796. The molecule has 0 heterocycles. The fourth-order valence-corrected chi connectivity index (χ4v) is 2.38. The van der Waals surface area contributed by atoms with Crippen molar-refractivity contribution in [2.45, 2.75) is 11.3 Å². The molecule has 112 valence electrons. The number of carbonyl (C=O) groups is 1. The second-order valence-electron chi connectivity index (χ2n) is 4.30. The summed E-state index contributed by atoms with van der Waals surface area (Å²) < 4.78 is 10.9. The largest absolute Gasteiger partial charge is 0.385 e. The summed E-state index contributed by atoms with van der Waals surface area (Å²) in [4.78, 5) is 15.1. The first-order chi connectivity index (χ1) is 9.60. The highest BCUT2D eigenvalue weighted by molar-refractivity contribution is 9.10. The van der Waals surface area contributed by atoms with Crippen molar-refractivity contribution in [3.8, 4) is 0 Å². The van der Waals surface area contributed by atoms with Gasteiger partial charge in [0.2, 0.25) is 0 Å². The van der Waals surface area contributed by atoms with Gasteiger partial charge in [0.15, 0.2) is 0 Å². The molecule has 0 aliphatic heterocycles. The summed E-state index contributed by atoms with van der Waals surface area (Å²) in [6.45, 7) is 2.34. The first-order valence-electron chi connectivity index (χ1n) is 6.35. The predicted octanol–water partition coefficient (Wildman–Crippen LogP) is 2.86. The highest BCUT2D eigenvalue weighted by Crippen LogP contribution is 2.22. The van der Waals surface area contributed by atoms with E-state index in [4.69, 9.17) is 9.47 Å². The molecular formula is C14H20BrNO3S. The third kappa shape index (κ3) is 5.44. The van der Waals surface area contributed by atoms with Crippen LogP contribution in [0.4, 0.5) is 0 Å². The minimum atomic E-state index is -0.0269. The highest BCUT2D eigenvalue weighted by atomic mass is 79.9. The molecule has 4 nitrogen and oxygen atoms in total. The Kier molecular flexibility index (Phi) is 8.21. The van der Waals surface area contributed by atoms with Crippen molar-refractivity contribution in [2.24, 2.45) is 0 Å². The van der Waals surface area contributed by atoms with E-state index in [1.54, 1.807) is 25.2 Å². The highest BCUT2D eigenvalue weighted by Gasteiger charge is 2.18. The van der Waals surface area contributed by atoms with Crippen LogP contribution >= 0.6 is 28.6 Å². The van der Waals surface area contributed by atoms with Crippen molar-refractivity contribution in [1.82, 2.24) is 4.90 Å². The molecule has 0 fully saturated rings. The molecule has 0 radical (unpaired) electrons. The summed E-state index contributed by atoms with van der Waals surface area (Å²) in [5.74, 6) is -0.0269. The van der Waals surface area contributed by atoms with Gasteiger partial charge < -0.3 is 14.4 Å². The van der Waals surface area contributed by atoms with Crippen LogP contribution in [-0.2, 0) is 9.47 Å². The summed E-state index contributed by atoms with van der Waals surface area (Å²) in [6, 6.07) is 5.44. The number of hydrogen-bond acceptors (Lipinski definition) is 4. The van der Waals surface area contributed by atoms with Gasteiger partial charge in [0.1, 0.15) is 0 Å². The van der Waals surface area contributed by atoms with Crippen molar-refractivity contribution in [3.63, 3.8) is 0 Å². The van der Waals surface area contributed by atoms with Crippen LogP contribution in [0.15, 0.2) is 27.6 Å². The third-order valence-corrected chi connectivity index (χ3v) is 3.78. The number of carbonyl (C=O) groups excluding carboxylic acids is 1. The predicted molar refractivity (Wildman–Crippen MR) is 85.7 cm³/mol. The fourth-order valence-electron chi connectivity index (χ4n) is 1.76. The lowest BCUT2D eigenvalue weighted by atomic mass is 10.2. The van der Waals surface area contributed by atoms with Gasteiger partial charge >= 0.3 is 0 Å². The molecule has 1 aromatic rings. The molecule has 1 rings (SSSR count). The first-order valence-corrected chi connectivity index (χ1v) is 7.59. The maximum atomic E-state index is 12.6.